The number of nitrogens with one attached hydrogen (secondary N) is 1. The molecule has 0 fully saturated rings. The smallest absolute Gasteiger partial charge is 0.459 e. The Morgan fingerprint density at radius 2 is 2.09 bits per heavy atom. The molecule has 1 aliphatic heterocycles. The van der Waals surface area contributed by atoms with Crippen molar-refractivity contribution in [1.29, 1.82) is 0 Å². The van der Waals surface area contributed by atoms with Gasteiger partial charge in [0, 0.05) is 5.56 Å². The van der Waals surface area contributed by atoms with Gasteiger partial charge in [0.25, 0.3) is 5.91 Å². The second kappa shape index (κ2) is 6.10. The summed E-state index contributed by atoms with van der Waals surface area (Å²) in [6.45, 7) is 7.16. The van der Waals surface area contributed by atoms with Gasteiger partial charge in [0.15, 0.2) is 0 Å². The highest BCUT2D eigenvalue weighted by Gasteiger charge is 2.31. The largest absolute Gasteiger partial charge is 0.492 e. The van der Waals surface area contributed by atoms with Crippen molar-refractivity contribution in [2.75, 3.05) is 6.54 Å². The summed E-state index contributed by atoms with van der Waals surface area (Å²) in [6, 6.07) is 3.42. The SMILES string of the molecule is Cc1c(C(=O)NCC(=O)OC(C)(C)C)ccc2c1B(O)OC2. The number of ether oxygens (including phenoxy) is 1. The molecule has 2 N–H and O–H groups in total. The third kappa shape index (κ3) is 3.67. The summed E-state index contributed by atoms with van der Waals surface area (Å²) in [5.41, 5.74) is 1.97. The zero-order chi connectivity index (χ0) is 16.5. The standard InChI is InChI=1S/C15H20BNO5/c1-9-11(6-5-10-8-21-16(20)13(9)10)14(19)17-7-12(18)22-15(2,3)4/h5-6,20H,7-8H2,1-4H3,(H,17,19). The Morgan fingerprint density at radius 1 is 1.41 bits per heavy atom. The summed E-state index contributed by atoms with van der Waals surface area (Å²) in [5.74, 6) is -0.881. The number of carbonyl (C=O) groups excluding carboxylic acids is 2. The fourth-order valence-corrected chi connectivity index (χ4v) is 2.38. The first kappa shape index (κ1) is 16.5. The van der Waals surface area contributed by atoms with Crippen molar-refractivity contribution >= 4 is 24.5 Å². The monoisotopic (exact) mass is 305 g/mol. The third-order valence-electron chi connectivity index (χ3n) is 3.31. The number of fused-ring (bicyclic) bond motifs is 1. The molecule has 0 saturated carbocycles. The minimum atomic E-state index is -1.01. The molecular weight excluding hydrogens is 285 g/mol. The lowest BCUT2D eigenvalue weighted by atomic mass is 9.75. The molecule has 6 nitrogen and oxygen atoms in total. The molecule has 22 heavy (non-hydrogen) atoms. The molecule has 1 amide bonds. The van der Waals surface area contributed by atoms with Crippen LogP contribution in [0.15, 0.2) is 12.1 Å². The van der Waals surface area contributed by atoms with Crippen LogP contribution in [-0.4, -0.2) is 36.2 Å². The summed E-state index contributed by atoms with van der Waals surface area (Å²) in [6.07, 6.45) is 0. The molecule has 0 atom stereocenters. The Bertz CT molecular complexity index is 609. The Balaban J connectivity index is 2.05. The van der Waals surface area contributed by atoms with E-state index >= 15 is 0 Å². The molecule has 0 radical (unpaired) electrons. The first-order valence-electron chi connectivity index (χ1n) is 7.11. The molecule has 0 bridgehead atoms. The van der Waals surface area contributed by atoms with Gasteiger partial charge in [0.05, 0.1) is 6.61 Å². The molecule has 2 rings (SSSR count). The highest BCUT2D eigenvalue weighted by atomic mass is 16.6. The minimum absolute atomic E-state index is 0.203. The van der Waals surface area contributed by atoms with E-state index in [4.69, 9.17) is 9.39 Å². The van der Waals surface area contributed by atoms with Crippen LogP contribution in [0, 0.1) is 6.92 Å². The molecule has 1 heterocycles. The normalized spacial score (nSPS) is 13.8. The summed E-state index contributed by atoms with van der Waals surface area (Å²) in [7, 11) is -1.01. The molecule has 1 aromatic rings. The minimum Gasteiger partial charge on any atom is -0.459 e. The van der Waals surface area contributed by atoms with E-state index in [0.717, 1.165) is 5.56 Å². The first-order valence-corrected chi connectivity index (χ1v) is 7.11. The quantitative estimate of drug-likeness (QED) is 0.619. The van der Waals surface area contributed by atoms with Gasteiger partial charge in [-0.25, -0.2) is 0 Å². The summed E-state index contributed by atoms with van der Waals surface area (Å²) < 4.78 is 10.3. The van der Waals surface area contributed by atoms with Crippen molar-refractivity contribution < 1.29 is 24.0 Å². The van der Waals surface area contributed by atoms with E-state index in [1.807, 2.05) is 0 Å². The predicted octanol–water partition coefficient (Wildman–Crippen LogP) is 0.284. The van der Waals surface area contributed by atoms with Crippen molar-refractivity contribution in [1.82, 2.24) is 5.32 Å². The number of rotatable bonds is 3. The highest BCUT2D eigenvalue weighted by molar-refractivity contribution is 6.62. The second-order valence-electron chi connectivity index (χ2n) is 6.24. The number of benzene rings is 1. The highest BCUT2D eigenvalue weighted by Crippen LogP contribution is 2.16. The lowest BCUT2D eigenvalue weighted by Crippen LogP contribution is -2.37. The number of carbonyl (C=O) groups is 2. The summed E-state index contributed by atoms with van der Waals surface area (Å²) >= 11 is 0. The van der Waals surface area contributed by atoms with Gasteiger partial charge in [-0.15, -0.1) is 0 Å². The molecule has 7 heteroatoms. The van der Waals surface area contributed by atoms with Crippen molar-refractivity contribution in [2.45, 2.75) is 39.9 Å². The van der Waals surface area contributed by atoms with Crippen LogP contribution in [0.2, 0.25) is 0 Å². The molecule has 0 aliphatic carbocycles. The van der Waals surface area contributed by atoms with E-state index in [-0.39, 0.29) is 12.5 Å². The molecule has 0 unspecified atom stereocenters. The van der Waals surface area contributed by atoms with E-state index < -0.39 is 18.7 Å². The van der Waals surface area contributed by atoms with Crippen molar-refractivity contribution in [3.63, 3.8) is 0 Å². The fraction of sp³-hybridized carbons (Fsp3) is 0.467. The van der Waals surface area contributed by atoms with Crippen LogP contribution in [0.5, 0.6) is 0 Å². The van der Waals surface area contributed by atoms with Gasteiger partial charge in [-0.05, 0) is 50.4 Å². The zero-order valence-electron chi connectivity index (χ0n) is 13.2. The predicted molar refractivity (Wildman–Crippen MR) is 81.8 cm³/mol. The van der Waals surface area contributed by atoms with Crippen molar-refractivity contribution in [3.8, 4) is 0 Å². The fourth-order valence-electron chi connectivity index (χ4n) is 2.38. The lowest BCUT2D eigenvalue weighted by Gasteiger charge is -2.19. The maximum absolute atomic E-state index is 12.2. The van der Waals surface area contributed by atoms with Crippen LogP contribution < -0.4 is 10.8 Å². The second-order valence-corrected chi connectivity index (χ2v) is 6.24. The van der Waals surface area contributed by atoms with Gasteiger partial charge < -0.3 is 19.7 Å². The first-order chi connectivity index (χ1) is 10.2. The molecule has 1 aromatic carbocycles. The van der Waals surface area contributed by atoms with Crippen LogP contribution in [0.25, 0.3) is 0 Å². The van der Waals surface area contributed by atoms with Crippen LogP contribution in [-0.2, 0) is 20.8 Å². The van der Waals surface area contributed by atoms with Gasteiger partial charge in [-0.1, -0.05) is 6.07 Å². The van der Waals surface area contributed by atoms with Gasteiger partial charge >= 0.3 is 13.1 Å². The number of amides is 1. The Hall–Kier alpha value is -1.86. The summed E-state index contributed by atoms with van der Waals surface area (Å²) in [5, 5.41) is 12.3. The molecule has 0 spiro atoms. The van der Waals surface area contributed by atoms with E-state index in [0.29, 0.717) is 23.2 Å². The van der Waals surface area contributed by atoms with E-state index in [9.17, 15) is 14.6 Å². The zero-order valence-corrected chi connectivity index (χ0v) is 13.2. The lowest BCUT2D eigenvalue weighted by molar-refractivity contribution is -0.153. The van der Waals surface area contributed by atoms with Gasteiger partial charge in [-0.2, -0.15) is 0 Å². The Labute approximate surface area is 129 Å². The molecule has 118 valence electrons. The molecular formula is C15H20BNO5. The maximum Gasteiger partial charge on any atom is 0.492 e. The van der Waals surface area contributed by atoms with Gasteiger partial charge in [0.2, 0.25) is 0 Å². The Morgan fingerprint density at radius 3 is 2.73 bits per heavy atom. The maximum atomic E-state index is 12.2. The number of hydrogen-bond donors (Lipinski definition) is 2. The average Bonchev–Trinajstić information content (AvgIpc) is 2.77. The average molecular weight is 305 g/mol. The van der Waals surface area contributed by atoms with Crippen LogP contribution in [0.3, 0.4) is 0 Å². The van der Waals surface area contributed by atoms with Crippen molar-refractivity contribution in [3.05, 3.63) is 28.8 Å². The van der Waals surface area contributed by atoms with Crippen LogP contribution >= 0.6 is 0 Å². The molecule has 0 saturated heterocycles. The van der Waals surface area contributed by atoms with Crippen LogP contribution in [0.1, 0.15) is 42.3 Å². The number of hydrogen-bond acceptors (Lipinski definition) is 5. The van der Waals surface area contributed by atoms with E-state index in [1.165, 1.54) is 0 Å². The van der Waals surface area contributed by atoms with Crippen LogP contribution in [0.4, 0.5) is 0 Å². The van der Waals surface area contributed by atoms with Gasteiger partial charge in [-0.3, -0.25) is 9.59 Å². The van der Waals surface area contributed by atoms with Gasteiger partial charge in [0.1, 0.15) is 12.1 Å². The van der Waals surface area contributed by atoms with E-state index in [2.05, 4.69) is 5.32 Å². The molecule has 1 aliphatic rings. The Kier molecular flexibility index (Phi) is 4.58. The summed E-state index contributed by atoms with van der Waals surface area (Å²) in [4.78, 5) is 23.8. The topological polar surface area (TPSA) is 84.9 Å². The third-order valence-corrected chi connectivity index (χ3v) is 3.31. The van der Waals surface area contributed by atoms with Crippen molar-refractivity contribution in [2.24, 2.45) is 0 Å². The molecule has 0 aromatic heterocycles. The number of esters is 1. The van der Waals surface area contributed by atoms with E-state index in [1.54, 1.807) is 39.8 Å².